The highest BCUT2D eigenvalue weighted by Gasteiger charge is 2.88. The second-order valence-electron chi connectivity index (χ2n) is 13.0. The summed E-state index contributed by atoms with van der Waals surface area (Å²) in [6.45, 7) is -15.9. The Bertz CT molecular complexity index is 1110. The third kappa shape index (κ3) is 12.6. The number of hydrogen-bond acceptors (Lipinski definition) is 8. The summed E-state index contributed by atoms with van der Waals surface area (Å²) >= 11 is 0. The predicted molar refractivity (Wildman–Crippen MR) is 149 cm³/mol. The highest BCUT2D eigenvalue weighted by Crippen LogP contribution is 2.59. The molecule has 1 rings (SSSR count). The Morgan fingerprint density at radius 3 is 0.774 bits per heavy atom. The normalized spacial score (nSPS) is 18.4. The van der Waals surface area contributed by atoms with E-state index >= 15 is 0 Å². The first-order valence-corrected chi connectivity index (χ1v) is 16.4. The molecule has 0 aliphatic carbocycles. The summed E-state index contributed by atoms with van der Waals surface area (Å²) in [4.78, 5) is 1.20. The number of nitrogens with one attached hydrogen (secondary N) is 3. The number of alkyl halides is 27. The molecule has 0 spiro atoms. The number of ether oxygens (including phenoxy) is 4. The Morgan fingerprint density at radius 1 is 0.323 bits per heavy atom. The molecule has 1 aliphatic heterocycles. The van der Waals surface area contributed by atoms with Crippen molar-refractivity contribution in [3.63, 3.8) is 0 Å². The van der Waals surface area contributed by atoms with E-state index in [4.69, 9.17) is 0 Å². The molecule has 0 atom stereocenters. The Kier molecular flexibility index (Phi) is 18.4. The maximum Gasteiger partial charge on any atom is 0.435 e. The molecule has 0 bridgehead atoms. The fourth-order valence-corrected chi connectivity index (χ4v) is 5.24. The summed E-state index contributed by atoms with van der Waals surface area (Å²) in [5.41, 5.74) is -28.8. The van der Waals surface area contributed by atoms with Crippen molar-refractivity contribution < 1.29 is 137 Å². The fourth-order valence-electron chi connectivity index (χ4n) is 5.24. The van der Waals surface area contributed by atoms with Gasteiger partial charge < -0.3 is 34.9 Å². The number of rotatable bonds is 14. The molecule has 62 heavy (non-hydrogen) atoms. The summed E-state index contributed by atoms with van der Waals surface area (Å²) in [5, 5.41) is 8.57. The van der Waals surface area contributed by atoms with Crippen LogP contribution in [-0.2, 0) is 18.9 Å². The van der Waals surface area contributed by atoms with Gasteiger partial charge >= 0.3 is 72.4 Å². The summed E-state index contributed by atoms with van der Waals surface area (Å²) in [6.07, 6.45) is -72.3. The van der Waals surface area contributed by atoms with Crippen LogP contribution in [0.2, 0.25) is 0 Å². The SMILES string of the molecule is FC(F)(F)C(OCC(COCCN1CCNCCNCCNCC1)(COC(C(F)(F)F)(C(F)(F)F)C(F)(F)F)COC(C(F)(F)F)(C(F)(F)F)C(F)(F)F)(C(F)(F)F)C(F)(F)F. The van der Waals surface area contributed by atoms with Crippen LogP contribution in [0.3, 0.4) is 0 Å². The van der Waals surface area contributed by atoms with Gasteiger partial charge in [-0.3, -0.25) is 4.90 Å². The molecular weight excluding hydrogens is 957 g/mol. The van der Waals surface area contributed by atoms with Crippen molar-refractivity contribution in [2.24, 2.45) is 5.41 Å². The van der Waals surface area contributed by atoms with E-state index in [1.165, 1.54) is 4.90 Å². The first-order chi connectivity index (χ1) is 27.4. The van der Waals surface area contributed by atoms with Gasteiger partial charge in [0.1, 0.15) is 0 Å². The zero-order chi connectivity index (χ0) is 48.9. The van der Waals surface area contributed by atoms with Gasteiger partial charge in [-0.05, 0) is 0 Å². The topological polar surface area (TPSA) is 76.3 Å². The Hall–Kier alpha value is -2.21. The first kappa shape index (κ1) is 57.8. The van der Waals surface area contributed by atoms with E-state index in [1.54, 1.807) is 0 Å². The molecule has 0 aromatic rings. The average Bonchev–Trinajstić information content (AvgIpc) is 2.98. The molecular formula is C27H31F27N4O4. The highest BCUT2D eigenvalue weighted by molar-refractivity contribution is 5.07. The third-order valence-corrected chi connectivity index (χ3v) is 8.50. The van der Waals surface area contributed by atoms with Crippen molar-refractivity contribution in [3.8, 4) is 0 Å². The van der Waals surface area contributed by atoms with E-state index < -0.39 is 117 Å². The van der Waals surface area contributed by atoms with E-state index in [-0.39, 0.29) is 39.3 Å². The summed E-state index contributed by atoms with van der Waals surface area (Å²) < 4.78 is 384. The third-order valence-electron chi connectivity index (χ3n) is 8.50. The van der Waals surface area contributed by atoms with Gasteiger partial charge in [0.05, 0.1) is 38.4 Å². The van der Waals surface area contributed by atoms with Gasteiger partial charge in [-0.25, -0.2) is 0 Å². The van der Waals surface area contributed by atoms with Gasteiger partial charge in [-0.1, -0.05) is 0 Å². The number of hydrogen-bond donors (Lipinski definition) is 3. The van der Waals surface area contributed by atoms with Gasteiger partial charge in [0, 0.05) is 58.9 Å². The first-order valence-electron chi connectivity index (χ1n) is 16.4. The monoisotopic (exact) mass is 988 g/mol. The summed E-state index contributed by atoms with van der Waals surface area (Å²) in [5.74, 6) is 0. The van der Waals surface area contributed by atoms with Crippen molar-refractivity contribution in [1.29, 1.82) is 0 Å². The van der Waals surface area contributed by atoms with Crippen LogP contribution in [0.4, 0.5) is 119 Å². The molecule has 372 valence electrons. The minimum Gasteiger partial charge on any atom is -0.379 e. The smallest absolute Gasteiger partial charge is 0.379 e. The van der Waals surface area contributed by atoms with E-state index in [1.807, 2.05) is 0 Å². The van der Waals surface area contributed by atoms with Crippen LogP contribution in [0.1, 0.15) is 0 Å². The molecule has 8 nitrogen and oxygen atoms in total. The maximum atomic E-state index is 13.7. The van der Waals surface area contributed by atoms with E-state index in [0.29, 0.717) is 13.1 Å². The molecule has 1 heterocycles. The second-order valence-corrected chi connectivity index (χ2v) is 13.0. The minimum atomic E-state index is -8.03. The molecule has 1 aliphatic rings. The molecule has 0 aromatic carbocycles. The zero-order valence-electron chi connectivity index (χ0n) is 30.2. The second kappa shape index (κ2) is 19.7. The van der Waals surface area contributed by atoms with Gasteiger partial charge in [0.25, 0.3) is 0 Å². The van der Waals surface area contributed by atoms with Crippen molar-refractivity contribution in [1.82, 2.24) is 20.9 Å². The molecule has 0 radical (unpaired) electrons. The lowest BCUT2D eigenvalue weighted by Gasteiger charge is -2.45. The number of halogens is 27. The van der Waals surface area contributed by atoms with Crippen molar-refractivity contribution in [2.45, 2.75) is 72.4 Å². The molecule has 0 aromatic heterocycles. The van der Waals surface area contributed by atoms with E-state index in [9.17, 15) is 119 Å². The molecule has 1 fully saturated rings. The highest BCUT2D eigenvalue weighted by atomic mass is 19.5. The average molecular weight is 989 g/mol. The van der Waals surface area contributed by atoms with Crippen LogP contribution >= 0.6 is 0 Å². The van der Waals surface area contributed by atoms with E-state index in [2.05, 4.69) is 34.9 Å². The van der Waals surface area contributed by atoms with Crippen LogP contribution in [0, 0.1) is 5.41 Å². The Labute approximate surface area is 329 Å². The lowest BCUT2D eigenvalue weighted by atomic mass is 9.89. The van der Waals surface area contributed by atoms with Crippen molar-refractivity contribution in [3.05, 3.63) is 0 Å². The summed E-state index contributed by atoms with van der Waals surface area (Å²) in [6, 6.07) is 0. The summed E-state index contributed by atoms with van der Waals surface area (Å²) in [7, 11) is 0. The van der Waals surface area contributed by atoms with Crippen molar-refractivity contribution in [2.75, 3.05) is 91.9 Å². The van der Waals surface area contributed by atoms with E-state index in [0.717, 1.165) is 0 Å². The molecule has 3 N–H and O–H groups in total. The standard InChI is InChI=1S/C27H31F27N4O4/c28-19(29,30)16(20(31,32)33,21(34,35)36)60-12-15(13-61-17(22(37,38)39,23(40,41)42)24(43,44)45,14-62-18(25(46,47)48,26(49,50)51)27(52,53)54)11-59-10-9-58-7-5-56-3-1-55-2-4-57-6-8-58/h55-57H,1-14H2. The quantitative estimate of drug-likeness (QED) is 0.123. The molecule has 0 amide bonds. The van der Waals surface area contributed by atoms with Crippen LogP contribution < -0.4 is 16.0 Å². The Morgan fingerprint density at radius 2 is 0.548 bits per heavy atom. The Balaban J connectivity index is 4.26. The molecule has 0 saturated carbocycles. The van der Waals surface area contributed by atoms with Crippen molar-refractivity contribution >= 4 is 0 Å². The molecule has 0 unspecified atom stereocenters. The van der Waals surface area contributed by atoms with Gasteiger partial charge in [0.2, 0.25) is 0 Å². The van der Waals surface area contributed by atoms with Crippen LogP contribution in [-0.4, -0.2) is 169 Å². The lowest BCUT2D eigenvalue weighted by molar-refractivity contribution is -0.474. The number of nitrogens with zero attached hydrogens (tertiary/aromatic N) is 1. The van der Waals surface area contributed by atoms with Gasteiger partial charge in [0.15, 0.2) is 0 Å². The van der Waals surface area contributed by atoms with Crippen LogP contribution in [0.5, 0.6) is 0 Å². The van der Waals surface area contributed by atoms with Crippen LogP contribution in [0.25, 0.3) is 0 Å². The van der Waals surface area contributed by atoms with Gasteiger partial charge in [-0.15, -0.1) is 0 Å². The zero-order valence-corrected chi connectivity index (χ0v) is 30.2. The minimum absolute atomic E-state index is 0.00162. The van der Waals surface area contributed by atoms with Crippen LogP contribution in [0.15, 0.2) is 0 Å². The maximum absolute atomic E-state index is 13.7. The molecule has 1 saturated heterocycles. The largest absolute Gasteiger partial charge is 0.435 e. The molecule has 35 heteroatoms. The van der Waals surface area contributed by atoms with Gasteiger partial charge in [-0.2, -0.15) is 119 Å². The lowest BCUT2D eigenvalue weighted by Crippen LogP contribution is -2.71. The fraction of sp³-hybridized carbons (Fsp3) is 1.00. The predicted octanol–water partition coefficient (Wildman–Crippen LogP) is 7.40.